The van der Waals surface area contributed by atoms with E-state index in [2.05, 4.69) is 9.97 Å². The van der Waals surface area contributed by atoms with Crippen molar-refractivity contribution < 1.29 is 19.4 Å². The third-order valence-corrected chi connectivity index (χ3v) is 5.07. The van der Waals surface area contributed by atoms with Gasteiger partial charge in [-0.1, -0.05) is 24.3 Å². The van der Waals surface area contributed by atoms with Crippen LogP contribution < -0.4 is 9.47 Å². The Labute approximate surface area is 162 Å². The Kier molecular flexibility index (Phi) is 4.52. The number of H-pyrrole nitrogens is 1. The standard InChI is InChI=1S/C21H21N3O4/c1-27-17-8-7-14(13-18(17)28-2)9-12-24-19(25)15-5-3-4-6-16(15)21(24,26)20-22-10-11-23-20/h3-8,10-11,13,26H,9,12H2,1-2H3,(H,22,23)/t21-/m1/s1. The lowest BCUT2D eigenvalue weighted by Gasteiger charge is -2.32. The first-order chi connectivity index (χ1) is 13.6. The van der Waals surface area contributed by atoms with Crippen molar-refractivity contribution in [1.82, 2.24) is 14.9 Å². The van der Waals surface area contributed by atoms with Crippen LogP contribution >= 0.6 is 0 Å². The summed E-state index contributed by atoms with van der Waals surface area (Å²) in [5.74, 6) is 1.36. The van der Waals surface area contributed by atoms with Gasteiger partial charge in [-0.2, -0.15) is 0 Å². The van der Waals surface area contributed by atoms with E-state index in [1.807, 2.05) is 18.2 Å². The molecular formula is C21H21N3O4. The van der Waals surface area contributed by atoms with Gasteiger partial charge < -0.3 is 19.6 Å². The highest BCUT2D eigenvalue weighted by Gasteiger charge is 2.51. The minimum Gasteiger partial charge on any atom is -0.493 e. The Morgan fingerprint density at radius 1 is 1.14 bits per heavy atom. The highest BCUT2D eigenvalue weighted by Crippen LogP contribution is 2.40. The van der Waals surface area contributed by atoms with E-state index in [-0.39, 0.29) is 5.91 Å². The first kappa shape index (κ1) is 18.1. The number of benzene rings is 2. The summed E-state index contributed by atoms with van der Waals surface area (Å²) >= 11 is 0. The predicted octanol–water partition coefficient (Wildman–Crippen LogP) is 2.32. The van der Waals surface area contributed by atoms with Crippen molar-refractivity contribution in [2.24, 2.45) is 0 Å². The fourth-order valence-electron chi connectivity index (χ4n) is 3.66. The number of carbonyl (C=O) groups is 1. The van der Waals surface area contributed by atoms with Crippen molar-refractivity contribution in [3.05, 3.63) is 77.4 Å². The van der Waals surface area contributed by atoms with Gasteiger partial charge in [-0.05, 0) is 30.2 Å². The number of nitrogens with one attached hydrogen (secondary N) is 1. The molecule has 7 heteroatoms. The molecule has 0 fully saturated rings. The van der Waals surface area contributed by atoms with E-state index in [1.165, 1.54) is 4.90 Å². The van der Waals surface area contributed by atoms with Crippen LogP contribution in [0.25, 0.3) is 0 Å². The third kappa shape index (κ3) is 2.71. The number of imidazole rings is 1. The largest absolute Gasteiger partial charge is 0.493 e. The molecular weight excluding hydrogens is 358 g/mol. The molecule has 144 valence electrons. The molecule has 1 amide bonds. The highest BCUT2D eigenvalue weighted by molar-refractivity contribution is 6.00. The fourth-order valence-corrected chi connectivity index (χ4v) is 3.66. The molecule has 0 radical (unpaired) electrons. The van der Waals surface area contributed by atoms with Gasteiger partial charge in [0.05, 0.1) is 14.2 Å². The third-order valence-electron chi connectivity index (χ3n) is 5.07. The summed E-state index contributed by atoms with van der Waals surface area (Å²) in [6, 6.07) is 12.7. The second-order valence-electron chi connectivity index (χ2n) is 6.55. The van der Waals surface area contributed by atoms with Gasteiger partial charge in [-0.15, -0.1) is 0 Å². The Morgan fingerprint density at radius 3 is 2.64 bits per heavy atom. The van der Waals surface area contributed by atoms with Gasteiger partial charge >= 0.3 is 0 Å². The Hall–Kier alpha value is -3.32. The molecule has 0 saturated heterocycles. The normalized spacial score (nSPS) is 18.2. The number of fused-ring (bicyclic) bond motifs is 1. The van der Waals surface area contributed by atoms with Crippen LogP contribution in [0, 0.1) is 0 Å². The van der Waals surface area contributed by atoms with Gasteiger partial charge in [0.15, 0.2) is 17.3 Å². The highest BCUT2D eigenvalue weighted by atomic mass is 16.5. The summed E-state index contributed by atoms with van der Waals surface area (Å²) in [7, 11) is 3.17. The molecule has 1 aromatic heterocycles. The van der Waals surface area contributed by atoms with Crippen LogP contribution in [0.2, 0.25) is 0 Å². The average Bonchev–Trinajstić information content (AvgIpc) is 3.34. The topological polar surface area (TPSA) is 87.7 Å². The lowest BCUT2D eigenvalue weighted by molar-refractivity contribution is -0.0553. The molecule has 3 aromatic rings. The van der Waals surface area contributed by atoms with E-state index in [4.69, 9.17) is 9.47 Å². The maximum absolute atomic E-state index is 13.0. The van der Waals surface area contributed by atoms with Crippen LogP contribution in [0.4, 0.5) is 0 Å². The SMILES string of the molecule is COc1ccc(CCN2C(=O)c3ccccc3[C@@]2(O)c2ncc[nH]2)cc1OC. The van der Waals surface area contributed by atoms with Gasteiger partial charge in [-0.3, -0.25) is 9.69 Å². The molecule has 0 spiro atoms. The van der Waals surface area contributed by atoms with Gasteiger partial charge in [0.2, 0.25) is 5.72 Å². The lowest BCUT2D eigenvalue weighted by Crippen LogP contribution is -2.46. The first-order valence-electron chi connectivity index (χ1n) is 8.94. The number of hydrogen-bond acceptors (Lipinski definition) is 5. The second kappa shape index (κ2) is 7.01. The maximum atomic E-state index is 13.0. The summed E-state index contributed by atoms with van der Waals surface area (Å²) in [4.78, 5) is 21.7. The smallest absolute Gasteiger partial charge is 0.257 e. The Bertz CT molecular complexity index is 1000. The molecule has 0 saturated carbocycles. The van der Waals surface area contributed by atoms with Gasteiger partial charge in [0.25, 0.3) is 5.91 Å². The van der Waals surface area contributed by atoms with E-state index in [0.29, 0.717) is 41.4 Å². The van der Waals surface area contributed by atoms with E-state index in [0.717, 1.165) is 5.56 Å². The molecule has 1 aliphatic rings. The minimum atomic E-state index is -1.63. The van der Waals surface area contributed by atoms with Crippen molar-refractivity contribution in [2.45, 2.75) is 12.1 Å². The van der Waals surface area contributed by atoms with Crippen molar-refractivity contribution in [3.63, 3.8) is 0 Å². The number of methoxy groups -OCH3 is 2. The number of aromatic amines is 1. The summed E-state index contributed by atoms with van der Waals surface area (Å²) in [6.07, 6.45) is 3.72. The van der Waals surface area contributed by atoms with Crippen LogP contribution in [0.3, 0.4) is 0 Å². The quantitative estimate of drug-likeness (QED) is 0.686. The molecule has 0 aliphatic carbocycles. The molecule has 2 N–H and O–H groups in total. The molecule has 2 heterocycles. The molecule has 0 bridgehead atoms. The average molecular weight is 379 g/mol. The molecule has 4 rings (SSSR count). The van der Waals surface area contributed by atoms with Crippen LogP contribution in [-0.4, -0.2) is 46.6 Å². The molecule has 7 nitrogen and oxygen atoms in total. The minimum absolute atomic E-state index is 0.227. The molecule has 1 aliphatic heterocycles. The number of ether oxygens (including phenoxy) is 2. The van der Waals surface area contributed by atoms with E-state index in [9.17, 15) is 9.90 Å². The Balaban J connectivity index is 1.66. The van der Waals surface area contributed by atoms with Gasteiger partial charge in [-0.25, -0.2) is 4.98 Å². The maximum Gasteiger partial charge on any atom is 0.257 e. The zero-order chi connectivity index (χ0) is 19.7. The predicted molar refractivity (Wildman–Crippen MR) is 102 cm³/mol. The van der Waals surface area contributed by atoms with Crippen LogP contribution in [0.15, 0.2) is 54.9 Å². The molecule has 2 aromatic carbocycles. The van der Waals surface area contributed by atoms with Crippen LogP contribution in [-0.2, 0) is 12.1 Å². The number of carbonyl (C=O) groups excluding carboxylic acids is 1. The van der Waals surface area contributed by atoms with E-state index in [1.54, 1.807) is 50.9 Å². The number of rotatable bonds is 6. The van der Waals surface area contributed by atoms with Crippen molar-refractivity contribution >= 4 is 5.91 Å². The summed E-state index contributed by atoms with van der Waals surface area (Å²) in [6.45, 7) is 0.306. The van der Waals surface area contributed by atoms with Crippen molar-refractivity contribution in [2.75, 3.05) is 20.8 Å². The van der Waals surface area contributed by atoms with Crippen molar-refractivity contribution in [3.8, 4) is 11.5 Å². The summed E-state index contributed by atoms with van der Waals surface area (Å²) in [5, 5.41) is 11.6. The summed E-state index contributed by atoms with van der Waals surface area (Å²) < 4.78 is 10.6. The number of amides is 1. The monoisotopic (exact) mass is 379 g/mol. The van der Waals surface area contributed by atoms with Crippen LogP contribution in [0.5, 0.6) is 11.5 Å². The number of aromatic nitrogens is 2. The summed E-state index contributed by atoms with van der Waals surface area (Å²) in [5.41, 5.74) is 0.340. The van der Waals surface area contributed by atoms with Gasteiger partial charge in [0, 0.05) is 30.1 Å². The fraction of sp³-hybridized carbons (Fsp3) is 0.238. The van der Waals surface area contributed by atoms with Crippen LogP contribution in [0.1, 0.15) is 27.3 Å². The number of hydrogen-bond donors (Lipinski definition) is 2. The zero-order valence-electron chi connectivity index (χ0n) is 15.7. The van der Waals surface area contributed by atoms with Crippen molar-refractivity contribution in [1.29, 1.82) is 0 Å². The molecule has 1 atom stereocenters. The molecule has 0 unspecified atom stereocenters. The second-order valence-corrected chi connectivity index (χ2v) is 6.55. The lowest BCUT2D eigenvalue weighted by atomic mass is 10.0. The Morgan fingerprint density at radius 2 is 1.93 bits per heavy atom. The first-order valence-corrected chi connectivity index (χ1v) is 8.94. The van der Waals surface area contributed by atoms with E-state index < -0.39 is 5.72 Å². The van der Waals surface area contributed by atoms with Gasteiger partial charge in [0.1, 0.15) is 0 Å². The zero-order valence-corrected chi connectivity index (χ0v) is 15.7. The molecule has 28 heavy (non-hydrogen) atoms. The number of nitrogens with zero attached hydrogens (tertiary/aromatic N) is 2. The van der Waals surface area contributed by atoms with E-state index >= 15 is 0 Å². The number of aliphatic hydroxyl groups is 1.